The van der Waals surface area contributed by atoms with Gasteiger partial charge in [-0.05, 0) is 62.2 Å². The Balaban J connectivity index is 1.57. The van der Waals surface area contributed by atoms with Crippen LogP contribution >= 0.6 is 0 Å². The molecule has 0 amide bonds. The van der Waals surface area contributed by atoms with Crippen molar-refractivity contribution in [3.63, 3.8) is 0 Å². The van der Waals surface area contributed by atoms with Gasteiger partial charge in [-0.1, -0.05) is 12.1 Å². The molecule has 28 heavy (non-hydrogen) atoms. The predicted octanol–water partition coefficient (Wildman–Crippen LogP) is 4.64. The Morgan fingerprint density at radius 2 is 1.68 bits per heavy atom. The standard InChI is InChI=1S/C22H26N4O2/c1-15-6-5-7-20(17(15)3)25-22-24-16(2)14-21(26-22)23-12-13-28-19-10-8-18(27-4)9-11-19/h5-11,14H,12-13H2,1-4H3,(H2,23,24,25,26). The van der Waals surface area contributed by atoms with Gasteiger partial charge in [0.25, 0.3) is 0 Å². The van der Waals surface area contributed by atoms with Gasteiger partial charge >= 0.3 is 0 Å². The number of rotatable bonds is 8. The predicted molar refractivity (Wildman–Crippen MR) is 113 cm³/mol. The van der Waals surface area contributed by atoms with Crippen molar-refractivity contribution in [1.29, 1.82) is 0 Å². The van der Waals surface area contributed by atoms with Crippen molar-refractivity contribution < 1.29 is 9.47 Å². The van der Waals surface area contributed by atoms with E-state index in [0.717, 1.165) is 28.7 Å². The van der Waals surface area contributed by atoms with E-state index in [1.54, 1.807) is 7.11 Å². The van der Waals surface area contributed by atoms with E-state index in [9.17, 15) is 0 Å². The average Bonchev–Trinajstić information content (AvgIpc) is 2.69. The van der Waals surface area contributed by atoms with Gasteiger partial charge in [-0.15, -0.1) is 0 Å². The molecule has 0 aliphatic heterocycles. The van der Waals surface area contributed by atoms with Crippen LogP contribution in [0.15, 0.2) is 48.5 Å². The van der Waals surface area contributed by atoms with E-state index in [2.05, 4.69) is 40.5 Å². The average molecular weight is 378 g/mol. The van der Waals surface area contributed by atoms with Gasteiger partial charge in [0.15, 0.2) is 0 Å². The van der Waals surface area contributed by atoms with Crippen LogP contribution < -0.4 is 20.1 Å². The van der Waals surface area contributed by atoms with Crippen LogP contribution in [0.5, 0.6) is 11.5 Å². The number of nitrogens with one attached hydrogen (secondary N) is 2. The van der Waals surface area contributed by atoms with Crippen molar-refractivity contribution in [2.45, 2.75) is 20.8 Å². The Morgan fingerprint density at radius 1 is 0.929 bits per heavy atom. The first-order valence-electron chi connectivity index (χ1n) is 9.25. The van der Waals surface area contributed by atoms with E-state index in [1.807, 2.05) is 49.4 Å². The van der Waals surface area contributed by atoms with Crippen LogP contribution in [-0.4, -0.2) is 30.2 Å². The van der Waals surface area contributed by atoms with Gasteiger partial charge in [-0.2, -0.15) is 4.98 Å². The monoisotopic (exact) mass is 378 g/mol. The summed E-state index contributed by atoms with van der Waals surface area (Å²) in [6.07, 6.45) is 0. The Kier molecular flexibility index (Phi) is 6.32. The quantitative estimate of drug-likeness (QED) is 0.556. The minimum atomic E-state index is 0.523. The Bertz CT molecular complexity index is 926. The highest BCUT2D eigenvalue weighted by atomic mass is 16.5. The van der Waals surface area contributed by atoms with Crippen LogP contribution in [0.3, 0.4) is 0 Å². The highest BCUT2D eigenvalue weighted by Crippen LogP contribution is 2.22. The molecule has 0 aliphatic rings. The maximum absolute atomic E-state index is 5.74. The molecule has 0 atom stereocenters. The molecule has 0 fully saturated rings. The number of benzene rings is 2. The molecular weight excluding hydrogens is 352 g/mol. The van der Waals surface area contributed by atoms with Gasteiger partial charge in [-0.3, -0.25) is 0 Å². The Labute approximate surface area is 166 Å². The first-order valence-corrected chi connectivity index (χ1v) is 9.25. The summed E-state index contributed by atoms with van der Waals surface area (Å²) in [6.45, 7) is 7.28. The highest BCUT2D eigenvalue weighted by molar-refractivity contribution is 5.61. The molecule has 3 rings (SSSR count). The molecule has 1 aromatic heterocycles. The van der Waals surface area contributed by atoms with Crippen LogP contribution in [0.25, 0.3) is 0 Å². The largest absolute Gasteiger partial charge is 0.497 e. The maximum Gasteiger partial charge on any atom is 0.229 e. The molecule has 0 saturated heterocycles. The number of nitrogens with zero attached hydrogens (tertiary/aromatic N) is 2. The summed E-state index contributed by atoms with van der Waals surface area (Å²) in [5.41, 5.74) is 4.32. The SMILES string of the molecule is COc1ccc(OCCNc2cc(C)nc(Nc3cccc(C)c3C)n2)cc1. The van der Waals surface area contributed by atoms with E-state index in [-0.39, 0.29) is 0 Å². The summed E-state index contributed by atoms with van der Waals surface area (Å²) < 4.78 is 10.9. The van der Waals surface area contributed by atoms with E-state index in [4.69, 9.17) is 9.47 Å². The van der Waals surface area contributed by atoms with Gasteiger partial charge < -0.3 is 20.1 Å². The number of methoxy groups -OCH3 is 1. The van der Waals surface area contributed by atoms with Gasteiger partial charge in [-0.25, -0.2) is 4.98 Å². The molecule has 2 N–H and O–H groups in total. The second-order valence-corrected chi connectivity index (χ2v) is 6.54. The van der Waals surface area contributed by atoms with Crippen molar-refractivity contribution in [3.05, 3.63) is 65.4 Å². The fourth-order valence-corrected chi connectivity index (χ4v) is 2.74. The summed E-state index contributed by atoms with van der Waals surface area (Å²) in [4.78, 5) is 9.05. The van der Waals surface area contributed by atoms with Crippen LogP contribution in [0.1, 0.15) is 16.8 Å². The Hall–Kier alpha value is -3.28. The third-order valence-electron chi connectivity index (χ3n) is 4.44. The first-order chi connectivity index (χ1) is 13.5. The lowest BCUT2D eigenvalue weighted by atomic mass is 10.1. The van der Waals surface area contributed by atoms with Gasteiger partial charge in [0.1, 0.15) is 23.9 Å². The highest BCUT2D eigenvalue weighted by Gasteiger charge is 2.06. The van der Waals surface area contributed by atoms with Crippen LogP contribution in [0.2, 0.25) is 0 Å². The molecule has 0 bridgehead atoms. The van der Waals surface area contributed by atoms with E-state index in [1.165, 1.54) is 11.1 Å². The molecular formula is C22H26N4O2. The molecule has 2 aromatic carbocycles. The fourth-order valence-electron chi connectivity index (χ4n) is 2.74. The van der Waals surface area contributed by atoms with E-state index in [0.29, 0.717) is 19.1 Å². The van der Waals surface area contributed by atoms with Crippen molar-refractivity contribution in [2.24, 2.45) is 0 Å². The topological polar surface area (TPSA) is 68.3 Å². The Morgan fingerprint density at radius 3 is 2.43 bits per heavy atom. The third-order valence-corrected chi connectivity index (χ3v) is 4.44. The smallest absolute Gasteiger partial charge is 0.229 e. The zero-order chi connectivity index (χ0) is 19.9. The number of aromatic nitrogens is 2. The zero-order valence-corrected chi connectivity index (χ0v) is 16.7. The molecule has 6 nitrogen and oxygen atoms in total. The summed E-state index contributed by atoms with van der Waals surface area (Å²) in [5, 5.41) is 6.61. The first kappa shape index (κ1) is 19.5. The molecule has 1 heterocycles. The number of hydrogen-bond donors (Lipinski definition) is 2. The molecule has 0 unspecified atom stereocenters. The lowest BCUT2D eigenvalue weighted by molar-refractivity contribution is 0.331. The second-order valence-electron chi connectivity index (χ2n) is 6.54. The molecule has 3 aromatic rings. The van der Waals surface area contributed by atoms with Crippen molar-refractivity contribution in [3.8, 4) is 11.5 Å². The summed E-state index contributed by atoms with van der Waals surface area (Å²) in [6, 6.07) is 15.6. The van der Waals surface area contributed by atoms with Crippen molar-refractivity contribution in [2.75, 3.05) is 30.9 Å². The molecule has 0 spiro atoms. The van der Waals surface area contributed by atoms with Crippen molar-refractivity contribution >= 4 is 17.5 Å². The third kappa shape index (κ3) is 5.13. The van der Waals surface area contributed by atoms with E-state index < -0.39 is 0 Å². The van der Waals surface area contributed by atoms with E-state index >= 15 is 0 Å². The van der Waals surface area contributed by atoms with Gasteiger partial charge in [0.2, 0.25) is 5.95 Å². The molecule has 0 radical (unpaired) electrons. The lowest BCUT2D eigenvalue weighted by Gasteiger charge is -2.13. The molecule has 146 valence electrons. The zero-order valence-electron chi connectivity index (χ0n) is 16.7. The van der Waals surface area contributed by atoms with Crippen molar-refractivity contribution in [1.82, 2.24) is 9.97 Å². The van der Waals surface area contributed by atoms with Gasteiger partial charge in [0.05, 0.1) is 13.7 Å². The number of hydrogen-bond acceptors (Lipinski definition) is 6. The normalized spacial score (nSPS) is 10.4. The number of ether oxygens (including phenoxy) is 2. The summed E-state index contributed by atoms with van der Waals surface area (Å²) in [5.74, 6) is 2.95. The molecule has 0 saturated carbocycles. The number of aryl methyl sites for hydroxylation is 2. The number of anilines is 3. The minimum Gasteiger partial charge on any atom is -0.497 e. The minimum absolute atomic E-state index is 0.523. The van der Waals surface area contributed by atoms with Crippen LogP contribution in [0, 0.1) is 20.8 Å². The van der Waals surface area contributed by atoms with Crippen LogP contribution in [-0.2, 0) is 0 Å². The summed E-state index contributed by atoms with van der Waals surface area (Å²) >= 11 is 0. The maximum atomic E-state index is 5.74. The fraction of sp³-hybridized carbons (Fsp3) is 0.273. The van der Waals surface area contributed by atoms with Gasteiger partial charge in [0, 0.05) is 17.4 Å². The molecule has 0 aliphatic carbocycles. The molecule has 6 heteroatoms. The lowest BCUT2D eigenvalue weighted by Crippen LogP contribution is -2.13. The second kappa shape index (κ2) is 9.08. The summed E-state index contributed by atoms with van der Waals surface area (Å²) in [7, 11) is 1.65. The van der Waals surface area contributed by atoms with Crippen LogP contribution in [0.4, 0.5) is 17.5 Å².